The average molecular weight is 195 g/mol. The molecule has 2 atom stereocenters. The van der Waals surface area contributed by atoms with Crippen LogP contribution in [0.5, 0.6) is 0 Å². The van der Waals surface area contributed by atoms with Crippen molar-refractivity contribution < 1.29 is 0 Å². The van der Waals surface area contributed by atoms with Crippen molar-refractivity contribution in [2.24, 2.45) is 11.8 Å². The van der Waals surface area contributed by atoms with Crippen molar-refractivity contribution in [2.45, 2.75) is 19.8 Å². The minimum atomic E-state index is 0.150. The fourth-order valence-corrected chi connectivity index (χ4v) is 2.10. The number of piperidine rings is 1. The van der Waals surface area contributed by atoms with Gasteiger partial charge >= 0.3 is 0 Å². The van der Waals surface area contributed by atoms with Gasteiger partial charge in [-0.25, -0.2) is 0 Å². The quantitative estimate of drug-likeness (QED) is 0.729. The first-order valence-corrected chi connectivity index (χ1v) is 5.51. The van der Waals surface area contributed by atoms with E-state index in [1.54, 1.807) is 0 Å². The molecule has 0 spiro atoms. The van der Waals surface area contributed by atoms with Crippen LogP contribution in [0.3, 0.4) is 0 Å². The zero-order valence-electron chi connectivity index (χ0n) is 9.29. The molecule has 80 valence electrons. The summed E-state index contributed by atoms with van der Waals surface area (Å²) in [6.45, 7) is 6.32. The van der Waals surface area contributed by atoms with Gasteiger partial charge in [0.1, 0.15) is 0 Å². The molecule has 1 N–H and O–H groups in total. The average Bonchev–Trinajstić information content (AvgIpc) is 2.19. The van der Waals surface area contributed by atoms with Crippen LogP contribution in [-0.2, 0) is 0 Å². The summed E-state index contributed by atoms with van der Waals surface area (Å²) in [7, 11) is 2.11. The molecule has 1 saturated heterocycles. The maximum absolute atomic E-state index is 8.70. The molecule has 0 aliphatic carbocycles. The van der Waals surface area contributed by atoms with Gasteiger partial charge in [-0.3, -0.25) is 0 Å². The van der Waals surface area contributed by atoms with Crippen LogP contribution in [-0.4, -0.2) is 38.1 Å². The molecule has 1 heterocycles. The summed E-state index contributed by atoms with van der Waals surface area (Å²) < 4.78 is 0. The lowest BCUT2D eigenvalue weighted by Gasteiger charge is -2.28. The molecule has 14 heavy (non-hydrogen) atoms. The predicted octanol–water partition coefficient (Wildman–Crippen LogP) is 1.08. The lowest BCUT2D eigenvalue weighted by Crippen LogP contribution is -2.38. The minimum absolute atomic E-state index is 0.150. The third-order valence-corrected chi connectivity index (χ3v) is 2.77. The van der Waals surface area contributed by atoms with Crippen molar-refractivity contribution in [3.63, 3.8) is 0 Å². The van der Waals surface area contributed by atoms with E-state index in [1.165, 1.54) is 19.4 Å². The fourth-order valence-electron chi connectivity index (χ4n) is 2.10. The summed E-state index contributed by atoms with van der Waals surface area (Å²) in [5.74, 6) is 0.927. The summed E-state index contributed by atoms with van der Waals surface area (Å²) in [4.78, 5) is 2.28. The summed E-state index contributed by atoms with van der Waals surface area (Å²) in [5.41, 5.74) is 0. The van der Waals surface area contributed by atoms with Gasteiger partial charge in [-0.15, -0.1) is 0 Å². The van der Waals surface area contributed by atoms with E-state index < -0.39 is 0 Å². The molecule has 1 fully saturated rings. The lowest BCUT2D eigenvalue weighted by molar-refractivity contribution is 0.232. The lowest BCUT2D eigenvalue weighted by atomic mass is 9.99. The molecule has 0 amide bonds. The second-order valence-corrected chi connectivity index (χ2v) is 4.46. The molecule has 0 bridgehead atoms. The Bertz CT molecular complexity index is 191. The van der Waals surface area contributed by atoms with E-state index >= 15 is 0 Å². The third kappa shape index (κ3) is 4.08. The van der Waals surface area contributed by atoms with E-state index in [2.05, 4.69) is 23.3 Å². The highest BCUT2D eigenvalue weighted by molar-refractivity contribution is 4.81. The Morgan fingerprint density at radius 3 is 3.00 bits per heavy atom. The van der Waals surface area contributed by atoms with Crippen LogP contribution in [0, 0.1) is 23.2 Å². The SMILES string of the molecule is CC(C#N)CN(C)CC1CCCNC1. The molecule has 0 aromatic heterocycles. The number of nitrogens with one attached hydrogen (secondary N) is 1. The van der Waals surface area contributed by atoms with Crippen molar-refractivity contribution in [3.8, 4) is 6.07 Å². The summed E-state index contributed by atoms with van der Waals surface area (Å²) in [6.07, 6.45) is 2.63. The van der Waals surface area contributed by atoms with Gasteiger partial charge in [0.25, 0.3) is 0 Å². The molecule has 3 nitrogen and oxygen atoms in total. The van der Waals surface area contributed by atoms with E-state index in [0.717, 1.165) is 25.6 Å². The van der Waals surface area contributed by atoms with Crippen molar-refractivity contribution in [1.82, 2.24) is 10.2 Å². The van der Waals surface area contributed by atoms with E-state index in [1.807, 2.05) is 6.92 Å². The molecule has 3 heteroatoms. The van der Waals surface area contributed by atoms with Crippen LogP contribution in [0.4, 0.5) is 0 Å². The first-order chi connectivity index (χ1) is 6.72. The zero-order chi connectivity index (χ0) is 10.4. The maximum atomic E-state index is 8.70. The van der Waals surface area contributed by atoms with E-state index in [4.69, 9.17) is 5.26 Å². The molecule has 0 aromatic carbocycles. The van der Waals surface area contributed by atoms with Gasteiger partial charge in [0.15, 0.2) is 0 Å². The molecular weight excluding hydrogens is 174 g/mol. The highest BCUT2D eigenvalue weighted by Gasteiger charge is 2.15. The maximum Gasteiger partial charge on any atom is 0.0666 e. The molecule has 0 saturated carbocycles. The van der Waals surface area contributed by atoms with Gasteiger partial charge in [-0.2, -0.15) is 5.26 Å². The zero-order valence-corrected chi connectivity index (χ0v) is 9.29. The topological polar surface area (TPSA) is 39.1 Å². The monoisotopic (exact) mass is 195 g/mol. The minimum Gasteiger partial charge on any atom is -0.316 e. The van der Waals surface area contributed by atoms with Crippen LogP contribution in [0.15, 0.2) is 0 Å². The highest BCUT2D eigenvalue weighted by Crippen LogP contribution is 2.11. The molecule has 1 aliphatic rings. The van der Waals surface area contributed by atoms with Crippen LogP contribution in [0.25, 0.3) is 0 Å². The number of rotatable bonds is 4. The normalized spacial score (nSPS) is 24.6. The number of nitriles is 1. The first-order valence-electron chi connectivity index (χ1n) is 5.51. The van der Waals surface area contributed by atoms with Crippen molar-refractivity contribution in [2.75, 3.05) is 33.2 Å². The van der Waals surface area contributed by atoms with Gasteiger partial charge in [-0.05, 0) is 45.8 Å². The Morgan fingerprint density at radius 1 is 1.64 bits per heavy atom. The standard InChI is InChI=1S/C11H21N3/c1-10(6-12)8-14(2)9-11-4-3-5-13-7-11/h10-11,13H,3-5,7-9H2,1-2H3. The third-order valence-electron chi connectivity index (χ3n) is 2.77. The number of hydrogen-bond donors (Lipinski definition) is 1. The highest BCUT2D eigenvalue weighted by atomic mass is 15.1. The Kier molecular flexibility index (Phi) is 4.92. The largest absolute Gasteiger partial charge is 0.316 e. The predicted molar refractivity (Wildman–Crippen MR) is 57.9 cm³/mol. The smallest absolute Gasteiger partial charge is 0.0666 e. The summed E-state index contributed by atoms with van der Waals surface area (Å²) in [6, 6.07) is 2.28. The molecule has 1 rings (SSSR count). The van der Waals surface area contributed by atoms with Crippen LogP contribution >= 0.6 is 0 Å². The first kappa shape index (κ1) is 11.5. The van der Waals surface area contributed by atoms with E-state index in [0.29, 0.717) is 0 Å². The molecular formula is C11H21N3. The summed E-state index contributed by atoms with van der Waals surface area (Å²) in [5, 5.41) is 12.1. The number of nitrogens with zero attached hydrogens (tertiary/aromatic N) is 2. The molecule has 1 aliphatic heterocycles. The van der Waals surface area contributed by atoms with Crippen LogP contribution in [0.1, 0.15) is 19.8 Å². The summed E-state index contributed by atoms with van der Waals surface area (Å²) >= 11 is 0. The molecule has 2 unspecified atom stereocenters. The Labute approximate surface area is 87.1 Å². The Morgan fingerprint density at radius 2 is 2.43 bits per heavy atom. The molecule has 0 radical (unpaired) electrons. The van der Waals surface area contributed by atoms with Gasteiger partial charge in [-0.1, -0.05) is 0 Å². The second kappa shape index (κ2) is 6.00. The second-order valence-electron chi connectivity index (χ2n) is 4.46. The molecule has 0 aromatic rings. The van der Waals surface area contributed by atoms with Crippen molar-refractivity contribution >= 4 is 0 Å². The van der Waals surface area contributed by atoms with Gasteiger partial charge in [0, 0.05) is 13.1 Å². The van der Waals surface area contributed by atoms with Gasteiger partial charge in [0.05, 0.1) is 12.0 Å². The fraction of sp³-hybridized carbons (Fsp3) is 0.909. The van der Waals surface area contributed by atoms with E-state index in [-0.39, 0.29) is 5.92 Å². The Hall–Kier alpha value is -0.590. The van der Waals surface area contributed by atoms with Crippen molar-refractivity contribution in [3.05, 3.63) is 0 Å². The number of hydrogen-bond acceptors (Lipinski definition) is 3. The van der Waals surface area contributed by atoms with Gasteiger partial charge in [0.2, 0.25) is 0 Å². The Balaban J connectivity index is 2.18. The van der Waals surface area contributed by atoms with Crippen molar-refractivity contribution in [1.29, 1.82) is 5.26 Å². The van der Waals surface area contributed by atoms with Gasteiger partial charge < -0.3 is 10.2 Å². The van der Waals surface area contributed by atoms with Crippen LogP contribution in [0.2, 0.25) is 0 Å². The van der Waals surface area contributed by atoms with Crippen LogP contribution < -0.4 is 5.32 Å². The van der Waals surface area contributed by atoms with E-state index in [9.17, 15) is 0 Å².